The first kappa shape index (κ1) is 14.8. The molecule has 0 N–H and O–H groups in total. The fourth-order valence-electron chi connectivity index (χ4n) is 3.08. The summed E-state index contributed by atoms with van der Waals surface area (Å²) in [6, 6.07) is 0. The van der Waals surface area contributed by atoms with Crippen LogP contribution in [0.4, 0.5) is 0 Å². The van der Waals surface area contributed by atoms with Crippen molar-refractivity contribution in [3.8, 4) is 0 Å². The Morgan fingerprint density at radius 3 is 2.37 bits per heavy atom. The van der Waals surface area contributed by atoms with Gasteiger partial charge in [0, 0.05) is 7.11 Å². The molecular weight excluding hydrogens is 242 g/mol. The summed E-state index contributed by atoms with van der Waals surface area (Å²) in [5.74, 6) is 0.715. The van der Waals surface area contributed by atoms with E-state index < -0.39 is 0 Å². The van der Waals surface area contributed by atoms with Gasteiger partial charge in [0.15, 0.2) is 0 Å². The number of nitrogens with zero attached hydrogens (tertiary/aromatic N) is 1. The van der Waals surface area contributed by atoms with Crippen molar-refractivity contribution >= 4 is 5.97 Å². The number of esters is 1. The molecule has 4 nitrogen and oxygen atoms in total. The van der Waals surface area contributed by atoms with E-state index in [2.05, 4.69) is 11.8 Å². The zero-order valence-corrected chi connectivity index (χ0v) is 12.3. The van der Waals surface area contributed by atoms with Gasteiger partial charge >= 0.3 is 5.97 Å². The first-order valence-corrected chi connectivity index (χ1v) is 7.63. The molecule has 0 aromatic rings. The van der Waals surface area contributed by atoms with E-state index in [1.807, 2.05) is 0 Å². The smallest absolute Gasteiger partial charge is 0.320 e. The minimum Gasteiger partial charge on any atom is -0.459 e. The highest BCUT2D eigenvalue weighted by molar-refractivity contribution is 5.72. The quantitative estimate of drug-likeness (QED) is 0.734. The summed E-state index contributed by atoms with van der Waals surface area (Å²) in [5.41, 5.74) is 0. The highest BCUT2D eigenvalue weighted by Gasteiger charge is 2.29. The summed E-state index contributed by atoms with van der Waals surface area (Å²) in [6.07, 6.45) is 6.72. The molecule has 2 aliphatic rings. The maximum atomic E-state index is 12.0. The van der Waals surface area contributed by atoms with Crippen LogP contribution in [0.3, 0.4) is 0 Å². The molecule has 0 spiro atoms. The van der Waals surface area contributed by atoms with Crippen LogP contribution < -0.4 is 0 Å². The normalized spacial score (nSPS) is 30.2. The summed E-state index contributed by atoms with van der Waals surface area (Å²) in [5, 5.41) is 0. The van der Waals surface area contributed by atoms with Crippen LogP contribution in [0.25, 0.3) is 0 Å². The molecule has 1 heterocycles. The maximum Gasteiger partial charge on any atom is 0.320 e. The summed E-state index contributed by atoms with van der Waals surface area (Å²) in [6.45, 7) is 4.77. The lowest BCUT2D eigenvalue weighted by Crippen LogP contribution is -2.41. The predicted octanol–water partition coefficient (Wildman–Crippen LogP) is 2.22. The van der Waals surface area contributed by atoms with Crippen LogP contribution >= 0.6 is 0 Å². The third-order valence-electron chi connectivity index (χ3n) is 4.46. The molecule has 19 heavy (non-hydrogen) atoms. The van der Waals surface area contributed by atoms with E-state index in [1.165, 1.54) is 19.3 Å². The lowest BCUT2D eigenvalue weighted by molar-refractivity contribution is -0.160. The molecule has 2 atom stereocenters. The molecule has 1 aliphatic carbocycles. The van der Waals surface area contributed by atoms with E-state index in [9.17, 15) is 4.79 Å². The lowest BCUT2D eigenvalue weighted by Gasteiger charge is -2.32. The molecule has 110 valence electrons. The van der Waals surface area contributed by atoms with Gasteiger partial charge in [-0.3, -0.25) is 9.69 Å². The number of carbonyl (C=O) groups excluding carboxylic acids is 1. The van der Waals surface area contributed by atoms with E-state index in [0.29, 0.717) is 6.54 Å². The number of methoxy groups -OCH3 is 1. The molecule has 1 aliphatic heterocycles. The molecule has 2 fully saturated rings. The predicted molar refractivity (Wildman–Crippen MR) is 74.0 cm³/mol. The Labute approximate surface area is 116 Å². The minimum atomic E-state index is -0.0801. The summed E-state index contributed by atoms with van der Waals surface area (Å²) < 4.78 is 11.0. The Morgan fingerprint density at radius 2 is 1.74 bits per heavy atom. The Bertz CT molecular complexity index is 287. The number of hydrogen-bond donors (Lipinski definition) is 0. The second kappa shape index (κ2) is 7.25. The van der Waals surface area contributed by atoms with Crippen molar-refractivity contribution in [2.75, 3.05) is 26.7 Å². The van der Waals surface area contributed by atoms with Crippen molar-refractivity contribution in [1.82, 2.24) is 4.90 Å². The number of rotatable bonds is 4. The Kier molecular flexibility index (Phi) is 5.64. The summed E-state index contributed by atoms with van der Waals surface area (Å²) in [7, 11) is 1.71. The van der Waals surface area contributed by atoms with Crippen LogP contribution in [0.2, 0.25) is 0 Å². The SMILES string of the molecule is CO[C@H]1CCCC[C@@H]1OC(=O)CN1CCC(C)CC1. The Hall–Kier alpha value is -0.610. The van der Waals surface area contributed by atoms with Gasteiger partial charge in [-0.1, -0.05) is 13.3 Å². The second-order valence-electron chi connectivity index (χ2n) is 6.05. The van der Waals surface area contributed by atoms with Gasteiger partial charge in [0.05, 0.1) is 12.6 Å². The van der Waals surface area contributed by atoms with E-state index in [0.717, 1.165) is 38.3 Å². The molecule has 1 saturated heterocycles. The lowest BCUT2D eigenvalue weighted by atomic mass is 9.94. The third kappa shape index (κ3) is 4.46. The number of likely N-dealkylation sites (tertiary alicyclic amines) is 1. The van der Waals surface area contributed by atoms with Crippen molar-refractivity contribution < 1.29 is 14.3 Å². The van der Waals surface area contributed by atoms with E-state index in [1.54, 1.807) is 7.11 Å². The molecule has 0 radical (unpaired) electrons. The van der Waals surface area contributed by atoms with Crippen LogP contribution in [0.5, 0.6) is 0 Å². The van der Waals surface area contributed by atoms with E-state index >= 15 is 0 Å². The fraction of sp³-hybridized carbons (Fsp3) is 0.933. The van der Waals surface area contributed by atoms with Crippen LogP contribution in [0.15, 0.2) is 0 Å². The van der Waals surface area contributed by atoms with Gasteiger partial charge in [0.2, 0.25) is 0 Å². The molecule has 0 bridgehead atoms. The Morgan fingerprint density at radius 1 is 1.11 bits per heavy atom. The van der Waals surface area contributed by atoms with Gasteiger partial charge in [-0.2, -0.15) is 0 Å². The number of hydrogen-bond acceptors (Lipinski definition) is 4. The number of ether oxygens (including phenoxy) is 2. The van der Waals surface area contributed by atoms with Crippen molar-refractivity contribution in [2.45, 2.75) is 57.7 Å². The van der Waals surface area contributed by atoms with Crippen molar-refractivity contribution in [2.24, 2.45) is 5.92 Å². The molecular formula is C15H27NO3. The highest BCUT2D eigenvalue weighted by atomic mass is 16.6. The van der Waals surface area contributed by atoms with Gasteiger partial charge in [0.25, 0.3) is 0 Å². The average molecular weight is 269 g/mol. The van der Waals surface area contributed by atoms with Crippen molar-refractivity contribution in [1.29, 1.82) is 0 Å². The zero-order chi connectivity index (χ0) is 13.7. The van der Waals surface area contributed by atoms with Gasteiger partial charge < -0.3 is 9.47 Å². The molecule has 2 rings (SSSR count). The molecule has 0 aromatic carbocycles. The number of piperidine rings is 1. The van der Waals surface area contributed by atoms with E-state index in [4.69, 9.17) is 9.47 Å². The standard InChI is InChI=1S/C15H27NO3/c1-12-7-9-16(10-8-12)11-15(17)19-14-6-4-3-5-13(14)18-2/h12-14H,3-11H2,1-2H3/t13-,14-/m0/s1. The second-order valence-corrected chi connectivity index (χ2v) is 6.05. The topological polar surface area (TPSA) is 38.8 Å². The zero-order valence-electron chi connectivity index (χ0n) is 12.3. The first-order valence-electron chi connectivity index (χ1n) is 7.63. The van der Waals surface area contributed by atoms with Gasteiger partial charge in [-0.25, -0.2) is 0 Å². The maximum absolute atomic E-state index is 12.0. The highest BCUT2D eigenvalue weighted by Crippen LogP contribution is 2.23. The van der Waals surface area contributed by atoms with Crippen LogP contribution in [-0.4, -0.2) is 49.8 Å². The molecule has 1 saturated carbocycles. The average Bonchev–Trinajstić information content (AvgIpc) is 2.42. The van der Waals surface area contributed by atoms with Crippen LogP contribution in [-0.2, 0) is 14.3 Å². The van der Waals surface area contributed by atoms with Gasteiger partial charge in [0.1, 0.15) is 6.10 Å². The fourth-order valence-corrected chi connectivity index (χ4v) is 3.08. The van der Waals surface area contributed by atoms with Gasteiger partial charge in [-0.05, 0) is 51.1 Å². The minimum absolute atomic E-state index is 0.0324. The van der Waals surface area contributed by atoms with Crippen molar-refractivity contribution in [3.05, 3.63) is 0 Å². The largest absolute Gasteiger partial charge is 0.459 e. The first-order chi connectivity index (χ1) is 9.19. The Balaban J connectivity index is 1.74. The number of carbonyl (C=O) groups is 1. The molecule has 0 amide bonds. The molecule has 0 unspecified atom stereocenters. The van der Waals surface area contributed by atoms with Gasteiger partial charge in [-0.15, -0.1) is 0 Å². The van der Waals surface area contributed by atoms with Crippen LogP contribution in [0, 0.1) is 5.92 Å². The molecule has 0 aromatic heterocycles. The summed E-state index contributed by atoms with van der Waals surface area (Å²) >= 11 is 0. The summed E-state index contributed by atoms with van der Waals surface area (Å²) in [4.78, 5) is 14.2. The van der Waals surface area contributed by atoms with E-state index in [-0.39, 0.29) is 18.2 Å². The third-order valence-corrected chi connectivity index (χ3v) is 4.46. The molecule has 4 heteroatoms. The van der Waals surface area contributed by atoms with Crippen LogP contribution in [0.1, 0.15) is 45.4 Å². The monoisotopic (exact) mass is 269 g/mol. The van der Waals surface area contributed by atoms with Crippen molar-refractivity contribution in [3.63, 3.8) is 0 Å².